The van der Waals surface area contributed by atoms with Gasteiger partial charge in [0.1, 0.15) is 11.5 Å². The molecule has 0 atom stereocenters. The third-order valence-corrected chi connectivity index (χ3v) is 4.02. The van der Waals surface area contributed by atoms with Gasteiger partial charge >= 0.3 is 11.8 Å². The molecule has 28 heavy (non-hydrogen) atoms. The van der Waals surface area contributed by atoms with Crippen LogP contribution in [0, 0.1) is 0 Å². The van der Waals surface area contributed by atoms with Crippen LogP contribution in [-0.4, -0.2) is 18.9 Å². The summed E-state index contributed by atoms with van der Waals surface area (Å²) in [6, 6.07) is 20.7. The summed E-state index contributed by atoms with van der Waals surface area (Å²) in [6.07, 6.45) is 0. The Bertz CT molecular complexity index is 993. The fourth-order valence-corrected chi connectivity index (χ4v) is 2.64. The summed E-state index contributed by atoms with van der Waals surface area (Å²) in [7, 11) is 1.49. The minimum absolute atomic E-state index is 0.322. The topological polar surface area (TPSA) is 76.7 Å². The number of anilines is 2. The van der Waals surface area contributed by atoms with Gasteiger partial charge < -0.3 is 20.1 Å². The normalized spacial score (nSPS) is 10.1. The molecular weight excluding hydrogens is 380 g/mol. The van der Waals surface area contributed by atoms with Gasteiger partial charge in [0.05, 0.1) is 17.8 Å². The lowest BCUT2D eigenvalue weighted by Crippen LogP contribution is -2.29. The molecule has 0 aliphatic heterocycles. The van der Waals surface area contributed by atoms with E-state index in [-0.39, 0.29) is 0 Å². The summed E-state index contributed by atoms with van der Waals surface area (Å²) in [5.41, 5.74) is 0.749. The first-order chi connectivity index (χ1) is 13.6. The van der Waals surface area contributed by atoms with E-state index in [2.05, 4.69) is 10.6 Å². The number of carbonyl (C=O) groups excluding carboxylic acids is 2. The van der Waals surface area contributed by atoms with Crippen molar-refractivity contribution >= 4 is 34.8 Å². The number of hydrogen-bond acceptors (Lipinski definition) is 4. The highest BCUT2D eigenvalue weighted by atomic mass is 35.5. The fourth-order valence-electron chi connectivity index (χ4n) is 2.39. The SMILES string of the molecule is COc1ccc(NC(=O)C(=O)Nc2ccccc2Oc2ccccc2)cc1Cl. The highest BCUT2D eigenvalue weighted by Gasteiger charge is 2.17. The zero-order valence-corrected chi connectivity index (χ0v) is 15.7. The second kappa shape index (κ2) is 8.92. The lowest BCUT2D eigenvalue weighted by Gasteiger charge is -2.12. The van der Waals surface area contributed by atoms with Gasteiger partial charge in [-0.1, -0.05) is 41.9 Å². The van der Waals surface area contributed by atoms with Crippen molar-refractivity contribution in [1.29, 1.82) is 0 Å². The number of para-hydroxylation sites is 3. The molecular formula is C21H17ClN2O4. The zero-order chi connectivity index (χ0) is 19.9. The van der Waals surface area contributed by atoms with E-state index in [1.54, 1.807) is 48.5 Å². The van der Waals surface area contributed by atoms with Crippen LogP contribution in [0.1, 0.15) is 0 Å². The maximum Gasteiger partial charge on any atom is 0.314 e. The predicted molar refractivity (Wildman–Crippen MR) is 108 cm³/mol. The van der Waals surface area contributed by atoms with Gasteiger partial charge in [-0.2, -0.15) is 0 Å². The van der Waals surface area contributed by atoms with Crippen LogP contribution >= 0.6 is 11.6 Å². The van der Waals surface area contributed by atoms with Crippen LogP contribution in [0.15, 0.2) is 72.8 Å². The molecule has 0 aliphatic carbocycles. The standard InChI is InChI=1S/C21H17ClN2O4/c1-27-18-12-11-14(13-16(18)22)23-20(25)21(26)24-17-9-5-6-10-19(17)28-15-7-3-2-4-8-15/h2-13H,1H3,(H,23,25)(H,24,26). The Hall–Kier alpha value is -3.51. The molecule has 0 heterocycles. The Balaban J connectivity index is 1.69. The molecule has 7 heteroatoms. The molecule has 3 aromatic carbocycles. The van der Waals surface area contributed by atoms with Gasteiger partial charge in [-0.25, -0.2) is 0 Å². The number of hydrogen-bond donors (Lipinski definition) is 2. The van der Waals surface area contributed by atoms with Gasteiger partial charge in [-0.3, -0.25) is 9.59 Å². The summed E-state index contributed by atoms with van der Waals surface area (Å²) >= 11 is 6.03. The molecule has 3 aromatic rings. The lowest BCUT2D eigenvalue weighted by atomic mass is 10.2. The van der Waals surface area contributed by atoms with Crippen molar-refractivity contribution in [2.75, 3.05) is 17.7 Å². The second-order valence-electron chi connectivity index (χ2n) is 5.67. The number of amides is 2. The fraction of sp³-hybridized carbons (Fsp3) is 0.0476. The number of carbonyl (C=O) groups is 2. The minimum atomic E-state index is -0.837. The Morgan fingerprint density at radius 3 is 2.21 bits per heavy atom. The molecule has 0 unspecified atom stereocenters. The van der Waals surface area contributed by atoms with Crippen molar-refractivity contribution in [2.45, 2.75) is 0 Å². The maximum atomic E-state index is 12.3. The van der Waals surface area contributed by atoms with E-state index in [1.807, 2.05) is 18.2 Å². The molecule has 3 rings (SSSR count). The van der Waals surface area contributed by atoms with E-state index in [0.717, 1.165) is 0 Å². The third kappa shape index (κ3) is 4.81. The van der Waals surface area contributed by atoms with Gasteiger partial charge in [0, 0.05) is 5.69 Å². The van der Waals surface area contributed by atoms with Crippen LogP contribution in [0.5, 0.6) is 17.2 Å². The second-order valence-corrected chi connectivity index (χ2v) is 6.08. The monoisotopic (exact) mass is 396 g/mol. The third-order valence-electron chi connectivity index (χ3n) is 3.72. The first-order valence-corrected chi connectivity index (χ1v) is 8.72. The molecule has 142 valence electrons. The van der Waals surface area contributed by atoms with Crippen molar-refractivity contribution in [2.24, 2.45) is 0 Å². The Kier molecular flexibility index (Phi) is 6.14. The van der Waals surface area contributed by atoms with E-state index in [0.29, 0.717) is 33.6 Å². The van der Waals surface area contributed by atoms with E-state index in [9.17, 15) is 9.59 Å². The van der Waals surface area contributed by atoms with E-state index < -0.39 is 11.8 Å². The highest BCUT2D eigenvalue weighted by Crippen LogP contribution is 2.29. The predicted octanol–water partition coefficient (Wildman–Crippen LogP) is 4.72. The van der Waals surface area contributed by atoms with Crippen molar-refractivity contribution in [3.8, 4) is 17.2 Å². The molecule has 0 bridgehead atoms. The zero-order valence-electron chi connectivity index (χ0n) is 14.9. The molecule has 0 saturated heterocycles. The summed E-state index contributed by atoms with van der Waals surface area (Å²) in [5.74, 6) is -0.174. The summed E-state index contributed by atoms with van der Waals surface area (Å²) in [5, 5.41) is 5.37. The van der Waals surface area contributed by atoms with E-state index in [1.165, 1.54) is 13.2 Å². The van der Waals surface area contributed by atoms with Crippen molar-refractivity contribution in [1.82, 2.24) is 0 Å². The molecule has 0 saturated carbocycles. The van der Waals surface area contributed by atoms with E-state index in [4.69, 9.17) is 21.1 Å². The summed E-state index contributed by atoms with van der Waals surface area (Å²) in [6.45, 7) is 0. The summed E-state index contributed by atoms with van der Waals surface area (Å²) in [4.78, 5) is 24.5. The maximum absolute atomic E-state index is 12.3. The quantitative estimate of drug-likeness (QED) is 0.612. The van der Waals surface area contributed by atoms with Crippen LogP contribution in [0.4, 0.5) is 11.4 Å². The molecule has 0 spiro atoms. The number of ether oxygens (including phenoxy) is 2. The number of halogens is 1. The molecule has 0 radical (unpaired) electrons. The number of nitrogens with one attached hydrogen (secondary N) is 2. The van der Waals surface area contributed by atoms with Crippen LogP contribution in [0.3, 0.4) is 0 Å². The van der Waals surface area contributed by atoms with Crippen molar-refractivity contribution in [3.63, 3.8) is 0 Å². The minimum Gasteiger partial charge on any atom is -0.495 e. The average molecular weight is 397 g/mol. The van der Waals surface area contributed by atoms with E-state index >= 15 is 0 Å². The van der Waals surface area contributed by atoms with Gasteiger partial charge in [0.25, 0.3) is 0 Å². The molecule has 2 N–H and O–H groups in total. The van der Waals surface area contributed by atoms with Gasteiger partial charge in [0.15, 0.2) is 5.75 Å². The van der Waals surface area contributed by atoms with Crippen LogP contribution in [-0.2, 0) is 9.59 Å². The Morgan fingerprint density at radius 1 is 0.821 bits per heavy atom. The Labute approximate surface area is 167 Å². The number of rotatable bonds is 5. The summed E-state index contributed by atoms with van der Waals surface area (Å²) < 4.78 is 10.8. The first kappa shape index (κ1) is 19.3. The van der Waals surface area contributed by atoms with Crippen molar-refractivity contribution in [3.05, 3.63) is 77.8 Å². The Morgan fingerprint density at radius 2 is 1.50 bits per heavy atom. The molecule has 0 aliphatic rings. The van der Waals surface area contributed by atoms with Crippen LogP contribution in [0.25, 0.3) is 0 Å². The van der Waals surface area contributed by atoms with Gasteiger partial charge in [-0.05, 0) is 42.5 Å². The lowest BCUT2D eigenvalue weighted by molar-refractivity contribution is -0.133. The smallest absolute Gasteiger partial charge is 0.314 e. The molecule has 0 aromatic heterocycles. The van der Waals surface area contributed by atoms with Crippen LogP contribution in [0.2, 0.25) is 5.02 Å². The number of benzene rings is 3. The molecule has 2 amide bonds. The highest BCUT2D eigenvalue weighted by molar-refractivity contribution is 6.44. The van der Waals surface area contributed by atoms with Gasteiger partial charge in [-0.15, -0.1) is 0 Å². The molecule has 6 nitrogen and oxygen atoms in total. The number of methoxy groups -OCH3 is 1. The average Bonchev–Trinajstić information content (AvgIpc) is 2.70. The van der Waals surface area contributed by atoms with Gasteiger partial charge in [0.2, 0.25) is 0 Å². The van der Waals surface area contributed by atoms with Crippen molar-refractivity contribution < 1.29 is 19.1 Å². The first-order valence-electron chi connectivity index (χ1n) is 8.34. The van der Waals surface area contributed by atoms with Crippen LogP contribution < -0.4 is 20.1 Å². The largest absolute Gasteiger partial charge is 0.495 e. The molecule has 0 fully saturated rings.